The maximum absolute atomic E-state index is 10.8. The third-order valence-electron chi connectivity index (χ3n) is 3.54. The van der Waals surface area contributed by atoms with E-state index in [1.165, 1.54) is 12.1 Å². The van der Waals surface area contributed by atoms with Crippen LogP contribution in [0.2, 0.25) is 0 Å². The fourth-order valence-electron chi connectivity index (χ4n) is 2.50. The molecule has 0 fully saturated rings. The van der Waals surface area contributed by atoms with Crippen molar-refractivity contribution in [1.29, 1.82) is 0 Å². The Labute approximate surface area is 205 Å². The van der Waals surface area contributed by atoms with Gasteiger partial charge in [0.2, 0.25) is 0 Å². The van der Waals surface area contributed by atoms with Gasteiger partial charge in [-0.15, -0.1) is 0 Å². The minimum atomic E-state index is -1.28. The van der Waals surface area contributed by atoms with Gasteiger partial charge in [0.05, 0.1) is 26.2 Å². The zero-order valence-electron chi connectivity index (χ0n) is 16.3. The van der Waals surface area contributed by atoms with Crippen molar-refractivity contribution in [3.8, 4) is 11.5 Å². The molecule has 0 amide bonds. The summed E-state index contributed by atoms with van der Waals surface area (Å²) in [5.41, 5.74) is 0.0959. The van der Waals surface area contributed by atoms with E-state index in [2.05, 4.69) is 0 Å². The standard InChI is InChI=1S/C16H20N2O10.Na.Zn/c19-11(20)5-17(6-12(21)22)3-9-1-2-10(16(28)15(9)27)4-18(7-13(23)24)8-14(25)26;;/h1-2,27-28H,3-8H2,(H,19,20)(H,21,22)(H,23,24)(H,25,26);;/q;+1;+2. The second-order valence-corrected chi connectivity index (χ2v) is 5.95. The third-order valence-corrected chi connectivity index (χ3v) is 3.54. The summed E-state index contributed by atoms with van der Waals surface area (Å²) < 4.78 is 0. The molecular weight excluding hydrogens is 469 g/mol. The Bertz CT molecular complexity index is 682. The van der Waals surface area contributed by atoms with Crippen LogP contribution >= 0.6 is 0 Å². The molecule has 0 saturated heterocycles. The van der Waals surface area contributed by atoms with E-state index in [1.807, 2.05) is 0 Å². The van der Waals surface area contributed by atoms with E-state index < -0.39 is 61.6 Å². The minimum Gasteiger partial charge on any atom is -0.504 e. The number of hydrogen-bond donors (Lipinski definition) is 6. The maximum Gasteiger partial charge on any atom is 2.00 e. The van der Waals surface area contributed by atoms with Crippen molar-refractivity contribution in [2.45, 2.75) is 13.1 Å². The average Bonchev–Trinajstić information content (AvgIpc) is 2.52. The monoisotopic (exact) mass is 487 g/mol. The molecule has 0 aliphatic heterocycles. The van der Waals surface area contributed by atoms with Crippen molar-refractivity contribution in [2.24, 2.45) is 0 Å². The molecule has 12 nitrogen and oxygen atoms in total. The average molecular weight is 489 g/mol. The first-order valence-corrected chi connectivity index (χ1v) is 7.84. The van der Waals surface area contributed by atoms with Gasteiger partial charge in [0, 0.05) is 24.2 Å². The quantitative estimate of drug-likeness (QED) is 0.123. The van der Waals surface area contributed by atoms with Crippen molar-refractivity contribution in [3.05, 3.63) is 23.3 Å². The minimum absolute atomic E-state index is 0. The number of aliphatic carboxylic acids is 4. The molecule has 0 bridgehead atoms. The van der Waals surface area contributed by atoms with Gasteiger partial charge in [-0.2, -0.15) is 0 Å². The SMILES string of the molecule is O=C(O)CN(CC(=O)O)Cc1ccc(CN(CC(=O)O)CC(=O)O)c(O)c1O.[Na+].[Zn+2]. The topological polar surface area (TPSA) is 196 Å². The fourth-order valence-corrected chi connectivity index (χ4v) is 2.50. The Hall–Kier alpha value is -1.76. The van der Waals surface area contributed by atoms with Crippen LogP contribution < -0.4 is 29.6 Å². The first kappa shape index (κ1) is 30.4. The van der Waals surface area contributed by atoms with Crippen molar-refractivity contribution in [3.63, 3.8) is 0 Å². The smallest absolute Gasteiger partial charge is 0.504 e. The van der Waals surface area contributed by atoms with Crippen LogP contribution in [0.15, 0.2) is 12.1 Å². The molecule has 6 N–H and O–H groups in total. The van der Waals surface area contributed by atoms with Crippen molar-refractivity contribution in [1.82, 2.24) is 9.80 Å². The van der Waals surface area contributed by atoms with Crippen LogP contribution in [0.4, 0.5) is 0 Å². The molecule has 0 saturated carbocycles. The molecule has 0 spiro atoms. The van der Waals surface area contributed by atoms with Crippen LogP contribution in [0, 0.1) is 0 Å². The van der Waals surface area contributed by atoms with E-state index in [4.69, 9.17) is 20.4 Å². The van der Waals surface area contributed by atoms with Gasteiger partial charge < -0.3 is 30.6 Å². The Balaban J connectivity index is 0. The number of carboxylic acid groups (broad SMARTS) is 4. The van der Waals surface area contributed by atoms with E-state index in [-0.39, 0.29) is 73.3 Å². The largest absolute Gasteiger partial charge is 2.00 e. The summed E-state index contributed by atoms with van der Waals surface area (Å²) in [7, 11) is 0. The number of benzene rings is 1. The zero-order chi connectivity index (χ0) is 21.4. The van der Waals surface area contributed by atoms with Crippen molar-refractivity contribution in [2.75, 3.05) is 26.2 Å². The Morgan fingerprint density at radius 3 is 1.07 bits per heavy atom. The molecule has 154 valence electrons. The molecule has 0 aliphatic rings. The summed E-state index contributed by atoms with van der Waals surface area (Å²) in [5, 5.41) is 55.7. The van der Waals surface area contributed by atoms with E-state index in [9.17, 15) is 29.4 Å². The first-order valence-electron chi connectivity index (χ1n) is 7.84. The Kier molecular flexibility index (Phi) is 14.5. The zero-order valence-corrected chi connectivity index (χ0v) is 21.3. The number of aromatic hydroxyl groups is 2. The molecule has 14 heteroatoms. The van der Waals surface area contributed by atoms with Crippen LogP contribution in [-0.2, 0) is 51.7 Å². The summed E-state index contributed by atoms with van der Waals surface area (Å²) in [6.07, 6.45) is 0. The molecule has 0 atom stereocenters. The number of carbonyl (C=O) groups is 4. The van der Waals surface area contributed by atoms with Crippen molar-refractivity contribution < 1.29 is 98.9 Å². The van der Waals surface area contributed by atoms with Crippen LogP contribution in [0.25, 0.3) is 0 Å². The predicted octanol–water partition coefficient (Wildman–Crippen LogP) is -3.96. The second-order valence-electron chi connectivity index (χ2n) is 5.95. The molecule has 1 aromatic rings. The molecule has 0 unspecified atom stereocenters. The number of nitrogens with zero attached hydrogens (tertiary/aromatic N) is 2. The van der Waals surface area contributed by atoms with Gasteiger partial charge >= 0.3 is 72.9 Å². The van der Waals surface area contributed by atoms with Crippen molar-refractivity contribution >= 4 is 23.9 Å². The molecule has 0 radical (unpaired) electrons. The molecule has 1 rings (SSSR count). The molecule has 0 aliphatic carbocycles. The van der Waals surface area contributed by atoms with E-state index in [1.54, 1.807) is 0 Å². The van der Waals surface area contributed by atoms with Crippen LogP contribution in [0.5, 0.6) is 11.5 Å². The molecule has 1 aromatic carbocycles. The van der Waals surface area contributed by atoms with E-state index in [0.717, 1.165) is 9.80 Å². The summed E-state index contributed by atoms with van der Waals surface area (Å²) in [5.74, 6) is -6.38. The van der Waals surface area contributed by atoms with Gasteiger partial charge in [-0.25, -0.2) is 0 Å². The van der Waals surface area contributed by atoms with Gasteiger partial charge in [0.25, 0.3) is 0 Å². The molecule has 0 heterocycles. The summed E-state index contributed by atoms with van der Waals surface area (Å²) >= 11 is 0. The normalized spacial score (nSPS) is 10.2. The van der Waals surface area contributed by atoms with Gasteiger partial charge in [-0.3, -0.25) is 29.0 Å². The van der Waals surface area contributed by atoms with Gasteiger partial charge in [-0.05, 0) is 0 Å². The van der Waals surface area contributed by atoms with Crippen LogP contribution in [-0.4, -0.2) is 90.5 Å². The van der Waals surface area contributed by atoms with Gasteiger partial charge in [0.15, 0.2) is 11.5 Å². The first-order chi connectivity index (χ1) is 13.0. The number of hydrogen-bond acceptors (Lipinski definition) is 8. The second kappa shape index (κ2) is 14.3. The summed E-state index contributed by atoms with van der Waals surface area (Å²) in [4.78, 5) is 45.4. The van der Waals surface area contributed by atoms with Crippen LogP contribution in [0.1, 0.15) is 11.1 Å². The third kappa shape index (κ3) is 10.9. The fraction of sp³-hybridized carbons (Fsp3) is 0.375. The molecule has 0 aromatic heterocycles. The predicted molar refractivity (Wildman–Crippen MR) is 90.9 cm³/mol. The summed E-state index contributed by atoms with van der Waals surface area (Å²) in [6, 6.07) is 2.61. The van der Waals surface area contributed by atoms with E-state index >= 15 is 0 Å². The number of phenolic OH excluding ortho intramolecular Hbond substituents is 2. The van der Waals surface area contributed by atoms with Gasteiger partial charge in [-0.1, -0.05) is 12.1 Å². The van der Waals surface area contributed by atoms with Crippen LogP contribution in [0.3, 0.4) is 0 Å². The number of carboxylic acids is 4. The number of phenols is 2. The molecule has 30 heavy (non-hydrogen) atoms. The maximum atomic E-state index is 10.8. The Morgan fingerprint density at radius 1 is 0.633 bits per heavy atom. The molecular formula is C16H20N2NaO10Zn+3. The Morgan fingerprint density at radius 2 is 0.867 bits per heavy atom. The van der Waals surface area contributed by atoms with E-state index in [0.29, 0.717) is 0 Å². The summed E-state index contributed by atoms with van der Waals surface area (Å²) in [6.45, 7) is -3.02. The van der Waals surface area contributed by atoms with Gasteiger partial charge in [0.1, 0.15) is 0 Å². The number of rotatable bonds is 12.